The summed E-state index contributed by atoms with van der Waals surface area (Å²) in [5, 5.41) is 5.14. The van der Waals surface area contributed by atoms with Gasteiger partial charge < -0.3 is 19.1 Å². The zero-order chi connectivity index (χ0) is 22.8. The molecule has 2 saturated heterocycles. The Bertz CT molecular complexity index is 1130. The third-order valence-corrected chi connectivity index (χ3v) is 6.67. The van der Waals surface area contributed by atoms with Crippen LogP contribution in [0.5, 0.6) is 5.75 Å². The van der Waals surface area contributed by atoms with Crippen molar-refractivity contribution >= 4 is 22.7 Å². The number of rotatable bonds is 7. The summed E-state index contributed by atoms with van der Waals surface area (Å²) in [7, 11) is 0. The molecule has 0 N–H and O–H groups in total. The Morgan fingerprint density at radius 2 is 1.91 bits per heavy atom. The highest BCUT2D eigenvalue weighted by molar-refractivity contribution is 5.95. The van der Waals surface area contributed by atoms with E-state index in [2.05, 4.69) is 10.1 Å². The predicted molar refractivity (Wildman–Crippen MR) is 124 cm³/mol. The van der Waals surface area contributed by atoms with Crippen LogP contribution in [0.4, 0.5) is 14.9 Å². The van der Waals surface area contributed by atoms with Crippen molar-refractivity contribution in [3.05, 3.63) is 54.0 Å². The molecule has 174 valence electrons. The normalized spacial score (nSPS) is 17.9. The topological polar surface area (TPSA) is 62.1 Å². The molecule has 3 heterocycles. The Morgan fingerprint density at radius 3 is 2.73 bits per heavy atom. The molecular formula is C25H29FN4O3. The van der Waals surface area contributed by atoms with Crippen molar-refractivity contribution < 1.29 is 18.4 Å². The van der Waals surface area contributed by atoms with Crippen LogP contribution in [0.1, 0.15) is 31.4 Å². The van der Waals surface area contributed by atoms with Crippen molar-refractivity contribution in [2.75, 3.05) is 50.8 Å². The van der Waals surface area contributed by atoms with Gasteiger partial charge in [0.05, 0.1) is 18.0 Å². The maximum atomic E-state index is 13.4. The number of hydrogen-bond acceptors (Lipinski definition) is 5. The van der Waals surface area contributed by atoms with Crippen LogP contribution < -0.4 is 9.64 Å². The van der Waals surface area contributed by atoms with E-state index in [9.17, 15) is 9.18 Å². The lowest BCUT2D eigenvalue weighted by molar-refractivity contribution is 0.180. The van der Waals surface area contributed by atoms with Crippen LogP contribution in [-0.2, 0) is 0 Å². The van der Waals surface area contributed by atoms with Gasteiger partial charge in [-0.25, -0.2) is 9.18 Å². The Kier molecular flexibility index (Phi) is 6.17. The second-order valence-electron chi connectivity index (χ2n) is 8.65. The lowest BCUT2D eigenvalue weighted by atomic mass is 9.91. The van der Waals surface area contributed by atoms with Gasteiger partial charge in [-0.15, -0.1) is 0 Å². The van der Waals surface area contributed by atoms with Gasteiger partial charge in [0, 0.05) is 43.5 Å². The third-order valence-electron chi connectivity index (χ3n) is 6.67. The fraction of sp³-hybridized carbons (Fsp3) is 0.440. The van der Waals surface area contributed by atoms with Gasteiger partial charge in [-0.2, -0.15) is 0 Å². The maximum Gasteiger partial charge on any atom is 0.324 e. The first-order chi connectivity index (χ1) is 16.1. The van der Waals surface area contributed by atoms with Crippen LogP contribution in [0, 0.1) is 5.82 Å². The van der Waals surface area contributed by atoms with E-state index in [1.165, 1.54) is 12.1 Å². The second kappa shape index (κ2) is 9.39. The lowest BCUT2D eigenvalue weighted by Gasteiger charge is -2.32. The van der Waals surface area contributed by atoms with Gasteiger partial charge in [-0.3, -0.25) is 4.90 Å². The smallest absolute Gasteiger partial charge is 0.324 e. The number of aromatic nitrogens is 1. The summed E-state index contributed by atoms with van der Waals surface area (Å²) < 4.78 is 24.5. The van der Waals surface area contributed by atoms with Gasteiger partial charge >= 0.3 is 6.03 Å². The van der Waals surface area contributed by atoms with Crippen LogP contribution in [0.15, 0.2) is 47.0 Å². The lowest BCUT2D eigenvalue weighted by Crippen LogP contribution is -2.41. The van der Waals surface area contributed by atoms with E-state index >= 15 is 0 Å². The number of likely N-dealkylation sites (tertiary alicyclic amines) is 1. The minimum atomic E-state index is -0.309. The fourth-order valence-corrected chi connectivity index (χ4v) is 4.89. The first kappa shape index (κ1) is 21.7. The standard InChI is InChI=1S/C25H29FN4O3/c1-2-32-22-6-4-3-5-21(22)30-16-15-29(25(30)31)14-13-28-11-9-18(10-12-28)24-20-8-7-19(26)17-23(20)33-27-24/h3-8,17-18H,2,9-16H2,1H3. The zero-order valence-electron chi connectivity index (χ0n) is 18.9. The van der Waals surface area contributed by atoms with E-state index in [4.69, 9.17) is 9.26 Å². The Hall–Kier alpha value is -3.13. The summed E-state index contributed by atoms with van der Waals surface area (Å²) in [4.78, 5) is 19.2. The number of benzene rings is 2. The van der Waals surface area contributed by atoms with Gasteiger partial charge in [-0.05, 0) is 57.1 Å². The highest BCUT2D eigenvalue weighted by atomic mass is 19.1. The van der Waals surface area contributed by atoms with Crippen molar-refractivity contribution in [3.63, 3.8) is 0 Å². The number of ether oxygens (including phenoxy) is 1. The molecular weight excluding hydrogens is 423 g/mol. The number of nitrogens with zero attached hydrogens (tertiary/aromatic N) is 4. The average Bonchev–Trinajstić information content (AvgIpc) is 3.41. The van der Waals surface area contributed by atoms with Crippen LogP contribution in [0.3, 0.4) is 0 Å². The van der Waals surface area contributed by atoms with Gasteiger partial charge in [0.1, 0.15) is 11.6 Å². The van der Waals surface area contributed by atoms with Crippen LogP contribution in [0.2, 0.25) is 0 Å². The molecule has 33 heavy (non-hydrogen) atoms. The fourth-order valence-electron chi connectivity index (χ4n) is 4.89. The molecule has 8 heteroatoms. The van der Waals surface area contributed by atoms with Gasteiger partial charge in [0.25, 0.3) is 0 Å². The molecule has 5 rings (SSSR count). The third kappa shape index (κ3) is 4.39. The Labute approximate surface area is 192 Å². The van der Waals surface area contributed by atoms with Crippen molar-refractivity contribution in [2.24, 2.45) is 0 Å². The number of halogens is 1. The number of carbonyl (C=O) groups excluding carboxylic acids is 1. The summed E-state index contributed by atoms with van der Waals surface area (Å²) in [6.07, 6.45) is 1.95. The molecule has 7 nitrogen and oxygen atoms in total. The van der Waals surface area contributed by atoms with E-state index in [0.717, 1.165) is 61.5 Å². The number of urea groups is 1. The average molecular weight is 453 g/mol. The highest BCUT2D eigenvalue weighted by Crippen LogP contribution is 2.33. The minimum Gasteiger partial charge on any atom is -0.492 e. The molecule has 0 bridgehead atoms. The summed E-state index contributed by atoms with van der Waals surface area (Å²) in [5.74, 6) is 0.753. The summed E-state index contributed by atoms with van der Waals surface area (Å²) >= 11 is 0. The monoisotopic (exact) mass is 452 g/mol. The number of piperidine rings is 1. The summed E-state index contributed by atoms with van der Waals surface area (Å²) in [5.41, 5.74) is 2.28. The Balaban J connectivity index is 1.14. The minimum absolute atomic E-state index is 0.0401. The van der Waals surface area contributed by atoms with Gasteiger partial charge in [0.15, 0.2) is 5.58 Å². The quantitative estimate of drug-likeness (QED) is 0.529. The SMILES string of the molecule is CCOc1ccccc1N1CCN(CCN2CCC(c3noc4cc(F)ccc34)CC2)C1=O. The van der Waals surface area contributed by atoms with Crippen molar-refractivity contribution in [1.82, 2.24) is 15.0 Å². The first-order valence-corrected chi connectivity index (χ1v) is 11.7. The number of para-hydroxylation sites is 2. The number of carbonyl (C=O) groups is 1. The molecule has 3 aromatic rings. The number of hydrogen-bond donors (Lipinski definition) is 0. The molecule has 2 aliphatic heterocycles. The maximum absolute atomic E-state index is 13.4. The van der Waals surface area contributed by atoms with Crippen LogP contribution in [0.25, 0.3) is 11.0 Å². The molecule has 0 atom stereocenters. The van der Waals surface area contributed by atoms with Crippen molar-refractivity contribution in [3.8, 4) is 5.75 Å². The molecule has 2 fully saturated rings. The number of amides is 2. The van der Waals surface area contributed by atoms with Crippen LogP contribution in [-0.4, -0.2) is 66.9 Å². The zero-order valence-corrected chi connectivity index (χ0v) is 18.9. The number of anilines is 1. The van der Waals surface area contributed by atoms with Gasteiger partial charge in [0.2, 0.25) is 0 Å². The molecule has 2 aromatic carbocycles. The summed E-state index contributed by atoms with van der Waals surface area (Å²) in [6.45, 7) is 7.36. The van der Waals surface area contributed by atoms with E-state index < -0.39 is 0 Å². The second-order valence-corrected chi connectivity index (χ2v) is 8.65. The molecule has 0 saturated carbocycles. The molecule has 1 aromatic heterocycles. The van der Waals surface area contributed by atoms with E-state index in [0.29, 0.717) is 31.2 Å². The van der Waals surface area contributed by atoms with Crippen molar-refractivity contribution in [2.45, 2.75) is 25.7 Å². The molecule has 2 aliphatic rings. The van der Waals surface area contributed by atoms with Crippen LogP contribution >= 0.6 is 0 Å². The van der Waals surface area contributed by atoms with Crippen molar-refractivity contribution in [1.29, 1.82) is 0 Å². The largest absolute Gasteiger partial charge is 0.492 e. The summed E-state index contributed by atoms with van der Waals surface area (Å²) in [6, 6.07) is 12.4. The molecule has 0 unspecified atom stereocenters. The van der Waals surface area contributed by atoms with E-state index in [-0.39, 0.29) is 11.8 Å². The van der Waals surface area contributed by atoms with E-state index in [1.807, 2.05) is 41.0 Å². The van der Waals surface area contributed by atoms with E-state index in [1.54, 1.807) is 6.07 Å². The highest BCUT2D eigenvalue weighted by Gasteiger charge is 2.32. The molecule has 0 radical (unpaired) electrons. The first-order valence-electron chi connectivity index (χ1n) is 11.7. The predicted octanol–water partition coefficient (Wildman–Crippen LogP) is 4.49. The van der Waals surface area contributed by atoms with Gasteiger partial charge in [-0.1, -0.05) is 17.3 Å². The molecule has 0 spiro atoms. The molecule has 0 aliphatic carbocycles. The Morgan fingerprint density at radius 1 is 1.09 bits per heavy atom. The number of fused-ring (bicyclic) bond motifs is 1. The molecule has 2 amide bonds.